The normalized spacial score (nSPS) is 16.2. The molecule has 2 N–H and O–H groups in total. The highest BCUT2D eigenvalue weighted by Crippen LogP contribution is 2.28. The highest BCUT2D eigenvalue weighted by molar-refractivity contribution is 8.00. The number of nitrogens with one attached hydrogen (secondary N) is 2. The minimum absolute atomic E-state index is 0.0384. The molecule has 2 aromatic rings. The number of nitrogens with zero attached hydrogens (tertiary/aromatic N) is 2. The molecule has 3 rings (SSSR count). The van der Waals surface area contributed by atoms with Crippen molar-refractivity contribution in [2.45, 2.75) is 55.9 Å². The number of aryl methyl sites for hydroxylation is 1. The summed E-state index contributed by atoms with van der Waals surface area (Å²) in [5, 5.41) is 10.6. The van der Waals surface area contributed by atoms with Crippen LogP contribution in [-0.4, -0.2) is 26.3 Å². The number of aromatic amines is 1. The maximum absolute atomic E-state index is 12.2. The predicted molar refractivity (Wildman–Crippen MR) is 97.1 cm³/mol. The summed E-state index contributed by atoms with van der Waals surface area (Å²) in [4.78, 5) is 16.7. The molecular weight excluding hydrogens is 320 g/mol. The molecule has 1 atom stereocenters. The Morgan fingerprint density at radius 2 is 2.08 bits per heavy atom. The Morgan fingerprint density at radius 1 is 1.33 bits per heavy atom. The molecule has 1 heterocycles. The number of benzene rings is 1. The minimum atomic E-state index is -0.247. The number of hydrogen-bond acceptors (Lipinski definition) is 4. The van der Waals surface area contributed by atoms with Crippen LogP contribution in [0.5, 0.6) is 0 Å². The van der Waals surface area contributed by atoms with Crippen LogP contribution in [0.1, 0.15) is 44.9 Å². The number of H-pyrrole nitrogens is 1. The second-order valence-electron chi connectivity index (χ2n) is 6.37. The fourth-order valence-electron chi connectivity index (χ4n) is 3.06. The lowest BCUT2D eigenvalue weighted by Crippen LogP contribution is -2.22. The van der Waals surface area contributed by atoms with E-state index >= 15 is 0 Å². The van der Waals surface area contributed by atoms with Gasteiger partial charge in [0.15, 0.2) is 0 Å². The van der Waals surface area contributed by atoms with Crippen LogP contribution < -0.4 is 5.32 Å². The lowest BCUT2D eigenvalue weighted by Gasteiger charge is -2.09. The molecule has 0 saturated heterocycles. The van der Waals surface area contributed by atoms with Crippen LogP contribution >= 0.6 is 11.8 Å². The van der Waals surface area contributed by atoms with Crippen molar-refractivity contribution in [1.82, 2.24) is 15.2 Å². The maximum atomic E-state index is 12.2. The Bertz CT molecular complexity index is 652. The fourth-order valence-corrected chi connectivity index (χ4v) is 3.80. The van der Waals surface area contributed by atoms with Crippen molar-refractivity contribution >= 4 is 23.4 Å². The molecule has 1 fully saturated rings. The van der Waals surface area contributed by atoms with E-state index in [-0.39, 0.29) is 11.2 Å². The van der Waals surface area contributed by atoms with E-state index in [1.807, 2.05) is 37.3 Å². The third kappa shape index (κ3) is 4.84. The van der Waals surface area contributed by atoms with Crippen molar-refractivity contribution in [3.8, 4) is 0 Å². The number of anilines is 1. The molecule has 0 unspecified atom stereocenters. The molecule has 0 aliphatic heterocycles. The van der Waals surface area contributed by atoms with E-state index < -0.39 is 0 Å². The third-order valence-electron chi connectivity index (χ3n) is 4.47. The monoisotopic (exact) mass is 344 g/mol. The van der Waals surface area contributed by atoms with Gasteiger partial charge in [-0.1, -0.05) is 55.6 Å². The Balaban J connectivity index is 1.47. The average molecular weight is 344 g/mol. The second kappa shape index (κ2) is 8.33. The summed E-state index contributed by atoms with van der Waals surface area (Å²) in [5.41, 5.74) is 0.808. The van der Waals surface area contributed by atoms with Crippen LogP contribution in [0.3, 0.4) is 0 Å². The van der Waals surface area contributed by atoms with Gasteiger partial charge < -0.3 is 5.32 Å². The Hall–Kier alpha value is -1.82. The summed E-state index contributed by atoms with van der Waals surface area (Å²) in [6, 6.07) is 9.49. The zero-order chi connectivity index (χ0) is 16.8. The number of carbonyl (C=O) groups excluding carboxylic acids is 1. The van der Waals surface area contributed by atoms with Gasteiger partial charge in [0, 0.05) is 12.1 Å². The first-order valence-electron chi connectivity index (χ1n) is 8.64. The topological polar surface area (TPSA) is 70.7 Å². The van der Waals surface area contributed by atoms with Crippen LogP contribution in [0.2, 0.25) is 0 Å². The van der Waals surface area contributed by atoms with Gasteiger partial charge in [0.2, 0.25) is 11.1 Å². The first-order valence-corrected chi connectivity index (χ1v) is 9.52. The van der Waals surface area contributed by atoms with Crippen molar-refractivity contribution in [1.29, 1.82) is 0 Å². The smallest absolute Gasteiger partial charge is 0.237 e. The molecule has 0 bridgehead atoms. The van der Waals surface area contributed by atoms with Crippen LogP contribution in [0, 0.1) is 5.92 Å². The first kappa shape index (κ1) is 17.0. The number of aromatic nitrogens is 3. The molecule has 0 radical (unpaired) electrons. The van der Waals surface area contributed by atoms with Crippen molar-refractivity contribution in [3.63, 3.8) is 0 Å². The van der Waals surface area contributed by atoms with E-state index in [1.165, 1.54) is 43.9 Å². The van der Waals surface area contributed by atoms with E-state index in [0.717, 1.165) is 23.9 Å². The van der Waals surface area contributed by atoms with Crippen LogP contribution in [0.25, 0.3) is 0 Å². The fraction of sp³-hybridized carbons (Fsp3) is 0.500. The molecule has 1 aromatic carbocycles. The van der Waals surface area contributed by atoms with Crippen molar-refractivity contribution < 1.29 is 4.79 Å². The molecule has 128 valence electrons. The molecule has 1 amide bonds. The quantitative estimate of drug-likeness (QED) is 0.744. The van der Waals surface area contributed by atoms with Crippen molar-refractivity contribution in [2.75, 3.05) is 5.32 Å². The van der Waals surface area contributed by atoms with E-state index in [4.69, 9.17) is 0 Å². The highest BCUT2D eigenvalue weighted by Gasteiger charge is 2.18. The lowest BCUT2D eigenvalue weighted by atomic mass is 10.0. The number of hydrogen-bond donors (Lipinski definition) is 2. The molecule has 1 saturated carbocycles. The average Bonchev–Trinajstić information content (AvgIpc) is 3.25. The van der Waals surface area contributed by atoms with Crippen LogP contribution in [0.15, 0.2) is 35.5 Å². The Morgan fingerprint density at radius 3 is 2.83 bits per heavy atom. The van der Waals surface area contributed by atoms with Crippen molar-refractivity contribution in [3.05, 3.63) is 36.2 Å². The zero-order valence-corrected chi connectivity index (χ0v) is 14.8. The summed E-state index contributed by atoms with van der Waals surface area (Å²) in [5.74, 6) is 1.74. The standard InChI is InChI=1S/C18H24N4OS/c1-13(17(23)19-15-9-3-2-4-10-15)24-18-20-16(21-22-18)12-11-14-7-5-6-8-14/h2-4,9-10,13-14H,5-8,11-12H2,1H3,(H,19,23)(H,20,21,22)/t13-/m0/s1. The predicted octanol–water partition coefficient (Wildman–Crippen LogP) is 4.05. The number of para-hydroxylation sites is 1. The molecular formula is C18H24N4OS. The van der Waals surface area contributed by atoms with Gasteiger partial charge >= 0.3 is 0 Å². The summed E-state index contributed by atoms with van der Waals surface area (Å²) >= 11 is 1.38. The van der Waals surface area contributed by atoms with Gasteiger partial charge in [-0.15, -0.1) is 5.10 Å². The van der Waals surface area contributed by atoms with Gasteiger partial charge in [0.1, 0.15) is 5.82 Å². The highest BCUT2D eigenvalue weighted by atomic mass is 32.2. The largest absolute Gasteiger partial charge is 0.325 e. The Kier molecular flexibility index (Phi) is 5.91. The number of thioether (sulfide) groups is 1. The molecule has 1 aromatic heterocycles. The van der Waals surface area contributed by atoms with Gasteiger partial charge in [-0.25, -0.2) is 4.98 Å². The first-order chi connectivity index (χ1) is 11.7. The third-order valence-corrected chi connectivity index (χ3v) is 5.43. The lowest BCUT2D eigenvalue weighted by molar-refractivity contribution is -0.115. The molecule has 1 aliphatic rings. The van der Waals surface area contributed by atoms with Gasteiger partial charge in [-0.05, 0) is 31.4 Å². The number of rotatable bonds is 7. The second-order valence-corrected chi connectivity index (χ2v) is 7.68. The van der Waals surface area contributed by atoms with E-state index in [1.54, 1.807) is 0 Å². The van der Waals surface area contributed by atoms with Crippen LogP contribution in [0.4, 0.5) is 5.69 Å². The zero-order valence-electron chi connectivity index (χ0n) is 14.0. The molecule has 5 nitrogen and oxygen atoms in total. The minimum Gasteiger partial charge on any atom is -0.325 e. The van der Waals surface area contributed by atoms with Crippen LogP contribution in [-0.2, 0) is 11.2 Å². The van der Waals surface area contributed by atoms with Gasteiger partial charge in [-0.2, -0.15) is 0 Å². The number of amides is 1. The van der Waals surface area contributed by atoms with E-state index in [0.29, 0.717) is 5.16 Å². The van der Waals surface area contributed by atoms with Gasteiger partial charge in [0.05, 0.1) is 5.25 Å². The van der Waals surface area contributed by atoms with Gasteiger partial charge in [0.25, 0.3) is 0 Å². The summed E-state index contributed by atoms with van der Waals surface area (Å²) < 4.78 is 0. The summed E-state index contributed by atoms with van der Waals surface area (Å²) in [6.07, 6.45) is 7.58. The number of carbonyl (C=O) groups is 1. The summed E-state index contributed by atoms with van der Waals surface area (Å²) in [7, 11) is 0. The van der Waals surface area contributed by atoms with Crippen molar-refractivity contribution in [2.24, 2.45) is 5.92 Å². The van der Waals surface area contributed by atoms with E-state index in [2.05, 4.69) is 20.5 Å². The summed E-state index contributed by atoms with van der Waals surface area (Å²) in [6.45, 7) is 1.87. The Labute approximate surface area is 147 Å². The SMILES string of the molecule is C[C@H](Sc1n[nH]c(CCC2CCCC2)n1)C(=O)Nc1ccccc1. The van der Waals surface area contributed by atoms with Gasteiger partial charge in [-0.3, -0.25) is 9.89 Å². The molecule has 0 spiro atoms. The van der Waals surface area contributed by atoms with E-state index in [9.17, 15) is 4.79 Å². The molecule has 1 aliphatic carbocycles. The molecule has 6 heteroatoms. The maximum Gasteiger partial charge on any atom is 0.237 e. The molecule has 24 heavy (non-hydrogen) atoms.